The summed E-state index contributed by atoms with van der Waals surface area (Å²) < 4.78 is 0.931. The van der Waals surface area contributed by atoms with Crippen LogP contribution in [0.5, 0.6) is 0 Å². The SMILES string of the molecule is Cc1nnc(Sc2ccc(NC(=O)[C@@H]3CCC[C@@H]3CN)c(C)c2)s1. The Bertz CT molecular complexity index is 731. The van der Waals surface area contributed by atoms with Gasteiger partial charge >= 0.3 is 0 Å². The van der Waals surface area contributed by atoms with Crippen LogP contribution < -0.4 is 11.1 Å². The number of hydrogen-bond donors (Lipinski definition) is 2. The molecule has 0 saturated heterocycles. The van der Waals surface area contributed by atoms with Crippen LogP contribution in [0.15, 0.2) is 27.4 Å². The molecule has 1 heterocycles. The third-order valence-electron chi connectivity index (χ3n) is 4.47. The van der Waals surface area contributed by atoms with Gasteiger partial charge < -0.3 is 11.1 Å². The van der Waals surface area contributed by atoms with Crippen molar-refractivity contribution in [3.63, 3.8) is 0 Å². The fraction of sp³-hybridized carbons (Fsp3) is 0.471. The Morgan fingerprint density at radius 2 is 2.21 bits per heavy atom. The topological polar surface area (TPSA) is 80.9 Å². The number of aromatic nitrogens is 2. The summed E-state index contributed by atoms with van der Waals surface area (Å²) in [4.78, 5) is 13.6. The summed E-state index contributed by atoms with van der Waals surface area (Å²) in [5.74, 6) is 0.472. The number of benzene rings is 1. The van der Waals surface area contributed by atoms with Crippen LogP contribution in [0.25, 0.3) is 0 Å². The second-order valence-electron chi connectivity index (χ2n) is 6.19. The van der Waals surface area contributed by atoms with Gasteiger partial charge in [0.25, 0.3) is 0 Å². The number of nitrogens with zero attached hydrogens (tertiary/aromatic N) is 2. The minimum absolute atomic E-state index is 0.0489. The summed E-state index contributed by atoms with van der Waals surface area (Å²) >= 11 is 3.18. The van der Waals surface area contributed by atoms with Gasteiger partial charge in [0.05, 0.1) is 0 Å². The second-order valence-corrected chi connectivity index (χ2v) is 8.69. The predicted molar refractivity (Wildman–Crippen MR) is 98.5 cm³/mol. The molecule has 0 bridgehead atoms. The van der Waals surface area contributed by atoms with Gasteiger partial charge in [0.1, 0.15) is 5.01 Å². The fourth-order valence-corrected chi connectivity index (χ4v) is 5.04. The Morgan fingerprint density at radius 3 is 2.88 bits per heavy atom. The monoisotopic (exact) mass is 362 g/mol. The number of carbonyl (C=O) groups is 1. The maximum atomic E-state index is 12.5. The lowest BCUT2D eigenvalue weighted by atomic mass is 9.95. The molecule has 0 unspecified atom stereocenters. The fourth-order valence-electron chi connectivity index (χ4n) is 3.15. The van der Waals surface area contributed by atoms with Gasteiger partial charge in [0, 0.05) is 16.5 Å². The summed E-state index contributed by atoms with van der Waals surface area (Å²) in [5, 5.41) is 12.2. The van der Waals surface area contributed by atoms with Gasteiger partial charge in [-0.05, 0) is 62.9 Å². The van der Waals surface area contributed by atoms with Crippen LogP contribution in [-0.2, 0) is 4.79 Å². The van der Waals surface area contributed by atoms with E-state index in [-0.39, 0.29) is 11.8 Å². The molecule has 128 valence electrons. The van der Waals surface area contributed by atoms with Crippen molar-refractivity contribution in [1.82, 2.24) is 10.2 Å². The van der Waals surface area contributed by atoms with Crippen LogP contribution in [0.2, 0.25) is 0 Å². The molecule has 1 aromatic carbocycles. The standard InChI is InChI=1S/C17H22N4OS2/c1-10-8-13(24-17-21-20-11(2)23-17)6-7-15(10)19-16(22)14-5-3-4-12(14)9-18/h6-8,12,14H,3-5,9,18H2,1-2H3,(H,19,22)/t12-,14-/m1/s1. The quantitative estimate of drug-likeness (QED) is 0.849. The van der Waals surface area contributed by atoms with Crippen molar-refractivity contribution >= 4 is 34.7 Å². The number of carbonyl (C=O) groups excluding carboxylic acids is 1. The molecule has 7 heteroatoms. The van der Waals surface area contributed by atoms with Crippen molar-refractivity contribution in [1.29, 1.82) is 0 Å². The highest BCUT2D eigenvalue weighted by atomic mass is 32.2. The normalized spacial score (nSPS) is 20.3. The molecule has 0 spiro atoms. The molecule has 1 aromatic heterocycles. The van der Waals surface area contributed by atoms with E-state index in [4.69, 9.17) is 5.73 Å². The molecular formula is C17H22N4OS2. The van der Waals surface area contributed by atoms with E-state index in [1.807, 2.05) is 26.0 Å². The Labute approximate surface area is 150 Å². The van der Waals surface area contributed by atoms with Gasteiger partial charge in [0.2, 0.25) is 5.91 Å². The van der Waals surface area contributed by atoms with E-state index in [2.05, 4.69) is 21.6 Å². The van der Waals surface area contributed by atoms with E-state index in [1.54, 1.807) is 23.1 Å². The lowest BCUT2D eigenvalue weighted by Gasteiger charge is -2.18. The Kier molecular flexibility index (Phi) is 5.53. The van der Waals surface area contributed by atoms with E-state index in [0.29, 0.717) is 12.5 Å². The molecule has 1 saturated carbocycles. The molecule has 2 aromatic rings. The minimum Gasteiger partial charge on any atom is -0.330 e. The first-order valence-corrected chi connectivity index (χ1v) is 9.79. The van der Waals surface area contributed by atoms with Crippen LogP contribution in [0.1, 0.15) is 29.8 Å². The Hall–Kier alpha value is -1.44. The molecule has 24 heavy (non-hydrogen) atoms. The zero-order valence-corrected chi connectivity index (χ0v) is 15.5. The summed E-state index contributed by atoms with van der Waals surface area (Å²) in [5.41, 5.74) is 7.72. The number of rotatable bonds is 5. The molecule has 0 aliphatic heterocycles. The van der Waals surface area contributed by atoms with E-state index >= 15 is 0 Å². The van der Waals surface area contributed by atoms with Crippen LogP contribution in [-0.4, -0.2) is 22.6 Å². The molecule has 0 radical (unpaired) electrons. The van der Waals surface area contributed by atoms with E-state index in [9.17, 15) is 4.79 Å². The first kappa shape index (κ1) is 17.4. The van der Waals surface area contributed by atoms with Crippen LogP contribution in [0.3, 0.4) is 0 Å². The van der Waals surface area contributed by atoms with Crippen molar-refractivity contribution in [3.8, 4) is 0 Å². The number of anilines is 1. The zero-order valence-electron chi connectivity index (χ0n) is 13.9. The summed E-state index contributed by atoms with van der Waals surface area (Å²) in [6, 6.07) is 6.06. The average Bonchev–Trinajstić information content (AvgIpc) is 3.18. The van der Waals surface area contributed by atoms with Gasteiger partial charge in [-0.15, -0.1) is 10.2 Å². The maximum absolute atomic E-state index is 12.5. The third kappa shape index (κ3) is 3.96. The second kappa shape index (κ2) is 7.63. The van der Waals surface area contributed by atoms with E-state index in [1.165, 1.54) is 0 Å². The molecule has 1 aliphatic carbocycles. The molecule has 3 rings (SSSR count). The minimum atomic E-state index is 0.0489. The summed E-state index contributed by atoms with van der Waals surface area (Å²) in [7, 11) is 0. The van der Waals surface area contributed by atoms with Gasteiger partial charge in [-0.2, -0.15) is 0 Å². The van der Waals surface area contributed by atoms with Crippen molar-refractivity contribution in [3.05, 3.63) is 28.8 Å². The van der Waals surface area contributed by atoms with E-state index in [0.717, 1.165) is 44.8 Å². The van der Waals surface area contributed by atoms with Gasteiger partial charge in [-0.3, -0.25) is 4.79 Å². The lowest BCUT2D eigenvalue weighted by molar-refractivity contribution is -0.120. The third-order valence-corrected chi connectivity index (χ3v) is 6.35. The van der Waals surface area contributed by atoms with Crippen molar-refractivity contribution in [2.45, 2.75) is 42.3 Å². The number of hydrogen-bond acceptors (Lipinski definition) is 6. The number of nitrogens with two attached hydrogens (primary N) is 1. The van der Waals surface area contributed by atoms with Gasteiger partial charge in [0.15, 0.2) is 4.34 Å². The van der Waals surface area contributed by atoms with E-state index < -0.39 is 0 Å². The summed E-state index contributed by atoms with van der Waals surface area (Å²) in [6.45, 7) is 4.55. The van der Waals surface area contributed by atoms with Crippen molar-refractivity contribution < 1.29 is 4.79 Å². The molecule has 1 amide bonds. The number of aryl methyl sites for hydroxylation is 2. The Morgan fingerprint density at radius 1 is 1.38 bits per heavy atom. The molecule has 1 aliphatic rings. The highest BCUT2D eigenvalue weighted by molar-refractivity contribution is 8.01. The molecule has 1 fully saturated rings. The van der Waals surface area contributed by atoms with Crippen LogP contribution >= 0.6 is 23.1 Å². The highest BCUT2D eigenvalue weighted by Crippen LogP contribution is 2.34. The van der Waals surface area contributed by atoms with Crippen LogP contribution in [0, 0.1) is 25.7 Å². The van der Waals surface area contributed by atoms with Crippen molar-refractivity contribution in [2.24, 2.45) is 17.6 Å². The number of nitrogens with one attached hydrogen (secondary N) is 1. The molecule has 3 N–H and O–H groups in total. The van der Waals surface area contributed by atoms with Gasteiger partial charge in [-0.25, -0.2) is 0 Å². The smallest absolute Gasteiger partial charge is 0.227 e. The lowest BCUT2D eigenvalue weighted by Crippen LogP contribution is -2.29. The van der Waals surface area contributed by atoms with Crippen LogP contribution in [0.4, 0.5) is 5.69 Å². The average molecular weight is 363 g/mol. The maximum Gasteiger partial charge on any atom is 0.227 e. The summed E-state index contributed by atoms with van der Waals surface area (Å²) in [6.07, 6.45) is 3.09. The Balaban J connectivity index is 1.67. The first-order chi connectivity index (χ1) is 11.6. The van der Waals surface area contributed by atoms with Crippen molar-refractivity contribution in [2.75, 3.05) is 11.9 Å². The zero-order chi connectivity index (χ0) is 17.1. The molecular weight excluding hydrogens is 340 g/mol. The van der Waals surface area contributed by atoms with Gasteiger partial charge in [-0.1, -0.05) is 29.5 Å². The highest BCUT2D eigenvalue weighted by Gasteiger charge is 2.32. The molecule has 2 atom stereocenters. The largest absolute Gasteiger partial charge is 0.330 e. The predicted octanol–water partition coefficient (Wildman–Crippen LogP) is 3.62. The molecule has 5 nitrogen and oxygen atoms in total. The number of amides is 1. The first-order valence-electron chi connectivity index (χ1n) is 8.16.